The number of rotatable bonds is 7. The minimum absolute atomic E-state index is 0. The molecule has 3 aromatic rings. The Kier molecular flexibility index (Phi) is 7.58. The molecule has 2 heterocycles. The molecule has 144 valence electrons. The molecular weight excluding hydrogens is 394 g/mol. The fourth-order valence-electron chi connectivity index (χ4n) is 3.05. The van der Waals surface area contributed by atoms with Crippen LogP contribution in [0.4, 0.5) is 11.8 Å². The van der Waals surface area contributed by atoms with E-state index in [1.54, 1.807) is 34.9 Å². The van der Waals surface area contributed by atoms with Gasteiger partial charge in [0.15, 0.2) is 11.5 Å². The molecule has 6 N–H and O–H groups in total. The first-order valence-electron chi connectivity index (χ1n) is 8.22. The van der Waals surface area contributed by atoms with Crippen LogP contribution in [0.3, 0.4) is 0 Å². The van der Waals surface area contributed by atoms with Gasteiger partial charge in [-0.15, -0.1) is 0 Å². The second-order valence-corrected chi connectivity index (χ2v) is 8.06. The van der Waals surface area contributed by atoms with Gasteiger partial charge in [-0.1, -0.05) is 30.3 Å². The van der Waals surface area contributed by atoms with Gasteiger partial charge in [-0.05, 0) is 12.0 Å². The SMILES string of the molecule is Nc1nc(N)c2ncn(CC(CO)CC(c3ccccc3)P(=O)([O-])O)c2n1.[Na+]. The first kappa shape index (κ1) is 22.8. The fourth-order valence-corrected chi connectivity index (χ4v) is 4.16. The molecule has 0 bridgehead atoms. The predicted octanol–water partition coefficient (Wildman–Crippen LogP) is -2.72. The maximum Gasteiger partial charge on any atom is 1.00 e. The number of imidazole rings is 1. The first-order valence-corrected chi connectivity index (χ1v) is 9.87. The Morgan fingerprint density at radius 3 is 2.50 bits per heavy atom. The summed E-state index contributed by atoms with van der Waals surface area (Å²) in [5, 5.41) is 9.78. The van der Waals surface area contributed by atoms with Crippen LogP contribution in [0.5, 0.6) is 0 Å². The van der Waals surface area contributed by atoms with E-state index in [1.165, 1.54) is 6.33 Å². The predicted molar refractivity (Wildman–Crippen MR) is 98.3 cm³/mol. The number of benzene rings is 1. The Morgan fingerprint density at radius 2 is 1.89 bits per heavy atom. The number of hydrogen-bond acceptors (Lipinski definition) is 8. The molecule has 2 aromatic heterocycles. The van der Waals surface area contributed by atoms with Gasteiger partial charge in [0.2, 0.25) is 5.95 Å². The molecule has 1 aromatic carbocycles. The van der Waals surface area contributed by atoms with Gasteiger partial charge in [0.05, 0.1) is 6.33 Å². The summed E-state index contributed by atoms with van der Waals surface area (Å²) >= 11 is 0. The number of nitrogens with two attached hydrogens (primary N) is 2. The standard InChI is InChI=1S/C16H21N6O4P.Na/c17-14-13-15(21-16(18)20-14)22(9-19-13)7-10(8-23)6-12(27(24,25)26)11-4-2-1-3-5-11;/h1-5,9-10,12,23H,6-8H2,(H2,24,25,26)(H4,17,18,20,21);/q;+1/p-1. The largest absolute Gasteiger partial charge is 1.00 e. The second kappa shape index (κ2) is 9.32. The van der Waals surface area contributed by atoms with Crippen molar-refractivity contribution in [3.63, 3.8) is 0 Å². The normalized spacial score (nSPS) is 15.5. The molecule has 28 heavy (non-hydrogen) atoms. The topological polar surface area (TPSA) is 176 Å². The smallest absolute Gasteiger partial charge is 0.778 e. The molecule has 10 nitrogen and oxygen atoms in total. The first-order chi connectivity index (χ1) is 12.8. The van der Waals surface area contributed by atoms with Gasteiger partial charge >= 0.3 is 29.6 Å². The number of aliphatic hydroxyl groups is 1. The zero-order valence-corrected chi connectivity index (χ0v) is 18.2. The van der Waals surface area contributed by atoms with Crippen molar-refractivity contribution in [3.8, 4) is 0 Å². The van der Waals surface area contributed by atoms with Crippen LogP contribution in [0.25, 0.3) is 11.2 Å². The number of aromatic nitrogens is 4. The van der Waals surface area contributed by atoms with Crippen molar-refractivity contribution in [1.82, 2.24) is 19.5 Å². The van der Waals surface area contributed by atoms with E-state index >= 15 is 0 Å². The molecule has 0 saturated heterocycles. The number of anilines is 2. The third-order valence-corrected chi connectivity index (χ3v) is 5.65. The minimum Gasteiger partial charge on any atom is -0.778 e. The number of nitrogens with zero attached hydrogens (tertiary/aromatic N) is 4. The summed E-state index contributed by atoms with van der Waals surface area (Å²) in [5.74, 6) is -0.360. The molecule has 0 aliphatic heterocycles. The van der Waals surface area contributed by atoms with Crippen molar-refractivity contribution >= 4 is 30.5 Å². The molecule has 12 heteroatoms. The van der Waals surface area contributed by atoms with Gasteiger partial charge < -0.3 is 35.5 Å². The quantitative estimate of drug-likeness (QED) is 0.236. The maximum atomic E-state index is 11.9. The second-order valence-electron chi connectivity index (χ2n) is 6.31. The average Bonchev–Trinajstić information content (AvgIpc) is 3.01. The van der Waals surface area contributed by atoms with Gasteiger partial charge in [0.25, 0.3) is 0 Å². The Balaban J connectivity index is 0.00000280. The third-order valence-electron chi connectivity index (χ3n) is 4.36. The van der Waals surface area contributed by atoms with Crippen LogP contribution < -0.4 is 45.9 Å². The Morgan fingerprint density at radius 1 is 1.21 bits per heavy atom. The molecule has 0 aliphatic rings. The average molecular weight is 414 g/mol. The Labute approximate surface area is 183 Å². The van der Waals surface area contributed by atoms with E-state index in [-0.39, 0.29) is 60.9 Å². The molecule has 3 unspecified atom stereocenters. The van der Waals surface area contributed by atoms with Crippen LogP contribution in [-0.4, -0.2) is 36.1 Å². The Bertz CT molecular complexity index is 980. The van der Waals surface area contributed by atoms with E-state index in [4.69, 9.17) is 11.5 Å². The summed E-state index contributed by atoms with van der Waals surface area (Å²) in [6, 6.07) is 8.39. The summed E-state index contributed by atoms with van der Waals surface area (Å²) in [7, 11) is -4.67. The summed E-state index contributed by atoms with van der Waals surface area (Å²) in [6.45, 7) is -0.0781. The molecule has 0 amide bonds. The van der Waals surface area contributed by atoms with E-state index in [9.17, 15) is 19.5 Å². The van der Waals surface area contributed by atoms with E-state index in [0.717, 1.165) is 0 Å². The van der Waals surface area contributed by atoms with Crippen LogP contribution in [-0.2, 0) is 11.1 Å². The minimum atomic E-state index is -4.67. The fraction of sp³-hybridized carbons (Fsp3) is 0.312. The summed E-state index contributed by atoms with van der Waals surface area (Å²) < 4.78 is 13.5. The van der Waals surface area contributed by atoms with Gasteiger partial charge in [-0.3, -0.25) is 0 Å². The third kappa shape index (κ3) is 5.09. The zero-order valence-electron chi connectivity index (χ0n) is 15.3. The van der Waals surface area contributed by atoms with Gasteiger partial charge in [0.1, 0.15) is 13.1 Å². The van der Waals surface area contributed by atoms with E-state index in [2.05, 4.69) is 15.0 Å². The van der Waals surface area contributed by atoms with E-state index in [0.29, 0.717) is 16.7 Å². The number of fused-ring (bicyclic) bond motifs is 1. The molecule has 0 spiro atoms. The van der Waals surface area contributed by atoms with Crippen molar-refractivity contribution in [2.45, 2.75) is 18.6 Å². The monoisotopic (exact) mass is 414 g/mol. The van der Waals surface area contributed by atoms with Crippen LogP contribution in [0, 0.1) is 5.92 Å². The molecular formula is C16H20N6NaO4P. The molecule has 0 aliphatic carbocycles. The molecule has 3 rings (SSSR count). The molecule has 0 radical (unpaired) electrons. The van der Waals surface area contributed by atoms with E-state index < -0.39 is 19.2 Å². The summed E-state index contributed by atoms with van der Waals surface area (Å²) in [4.78, 5) is 33.7. The molecule has 0 saturated carbocycles. The van der Waals surface area contributed by atoms with E-state index in [1.807, 2.05) is 0 Å². The van der Waals surface area contributed by atoms with Crippen molar-refractivity contribution in [2.75, 3.05) is 18.1 Å². The maximum absolute atomic E-state index is 11.9. The molecule has 3 atom stereocenters. The van der Waals surface area contributed by atoms with Crippen LogP contribution in [0.15, 0.2) is 36.7 Å². The summed E-state index contributed by atoms with van der Waals surface area (Å²) in [6.07, 6.45) is 1.50. The number of hydrogen-bond donors (Lipinski definition) is 4. The number of nitrogen functional groups attached to an aromatic ring is 2. The Hall–Kier alpha value is -1.52. The van der Waals surface area contributed by atoms with Gasteiger partial charge in [-0.25, -0.2) is 4.98 Å². The van der Waals surface area contributed by atoms with Crippen LogP contribution >= 0.6 is 7.60 Å². The number of aliphatic hydroxyl groups excluding tert-OH is 1. The molecule has 0 fully saturated rings. The van der Waals surface area contributed by atoms with Crippen molar-refractivity contribution < 1.29 is 49.0 Å². The van der Waals surface area contributed by atoms with Gasteiger partial charge in [0, 0.05) is 24.7 Å². The van der Waals surface area contributed by atoms with Crippen LogP contribution in [0.2, 0.25) is 0 Å². The van der Waals surface area contributed by atoms with Crippen molar-refractivity contribution in [3.05, 3.63) is 42.2 Å². The van der Waals surface area contributed by atoms with Crippen LogP contribution in [0.1, 0.15) is 17.6 Å². The summed E-state index contributed by atoms with van der Waals surface area (Å²) in [5.41, 5.74) is 11.5. The van der Waals surface area contributed by atoms with Crippen molar-refractivity contribution in [1.29, 1.82) is 0 Å². The van der Waals surface area contributed by atoms with Crippen molar-refractivity contribution in [2.24, 2.45) is 5.92 Å². The zero-order chi connectivity index (χ0) is 19.6. The van der Waals surface area contributed by atoms with Gasteiger partial charge in [-0.2, -0.15) is 9.97 Å².